The van der Waals surface area contributed by atoms with Gasteiger partial charge in [0, 0.05) is 14.2 Å². The molecule has 2 aromatic heterocycles. The van der Waals surface area contributed by atoms with E-state index in [9.17, 15) is 0 Å². The first kappa shape index (κ1) is 10.6. The van der Waals surface area contributed by atoms with Gasteiger partial charge < -0.3 is 5.73 Å². The molecule has 0 aromatic carbocycles. The molecule has 1 unspecified atom stereocenters. The average molecular weight is 309 g/mol. The molecule has 1 atom stereocenters. The van der Waals surface area contributed by atoms with Crippen LogP contribution in [-0.2, 0) is 0 Å². The van der Waals surface area contributed by atoms with Crippen molar-refractivity contribution in [2.24, 2.45) is 5.73 Å². The van der Waals surface area contributed by atoms with Gasteiger partial charge in [0.1, 0.15) is 4.34 Å². The van der Waals surface area contributed by atoms with Gasteiger partial charge in [0.25, 0.3) is 0 Å². The van der Waals surface area contributed by atoms with Crippen LogP contribution in [0, 0.1) is 0 Å². The van der Waals surface area contributed by atoms with E-state index >= 15 is 0 Å². The summed E-state index contributed by atoms with van der Waals surface area (Å²) in [5.74, 6) is 0. The summed E-state index contributed by atoms with van der Waals surface area (Å²) in [5.41, 5.74) is 6.08. The fourth-order valence-corrected chi connectivity index (χ4v) is 3.70. The number of rotatable bonds is 2. The number of thiophene rings is 2. The van der Waals surface area contributed by atoms with Crippen molar-refractivity contribution >= 4 is 50.2 Å². The molecule has 0 saturated carbocycles. The minimum absolute atomic E-state index is 0.0520. The first-order valence-corrected chi connectivity index (χ1v) is 6.79. The summed E-state index contributed by atoms with van der Waals surface area (Å²) < 4.78 is 1.68. The Bertz CT molecular complexity index is 404. The largest absolute Gasteiger partial charge is 0.319 e. The van der Waals surface area contributed by atoms with Crippen LogP contribution in [0.4, 0.5) is 0 Å². The normalized spacial score (nSPS) is 13.1. The molecule has 0 amide bonds. The maximum absolute atomic E-state index is 6.08. The van der Waals surface area contributed by atoms with Gasteiger partial charge in [-0.05, 0) is 33.4 Å². The highest BCUT2D eigenvalue weighted by Crippen LogP contribution is 2.37. The lowest BCUT2D eigenvalue weighted by atomic mass is 10.2. The third kappa shape index (κ3) is 2.04. The van der Waals surface area contributed by atoms with E-state index in [4.69, 9.17) is 17.3 Å². The van der Waals surface area contributed by atoms with Crippen molar-refractivity contribution in [1.29, 1.82) is 0 Å². The molecule has 2 N–H and O–H groups in total. The molecule has 5 heteroatoms. The second-order valence-electron chi connectivity index (χ2n) is 2.76. The number of hydrogen-bond donors (Lipinski definition) is 1. The predicted molar refractivity (Wildman–Crippen MR) is 67.4 cm³/mol. The van der Waals surface area contributed by atoms with Gasteiger partial charge in [0.15, 0.2) is 0 Å². The molecule has 2 aromatic rings. The number of nitrogens with two attached hydrogens (primary N) is 1. The number of halogens is 2. The molecule has 74 valence electrons. The van der Waals surface area contributed by atoms with Crippen LogP contribution in [0.2, 0.25) is 4.34 Å². The lowest BCUT2D eigenvalue weighted by molar-refractivity contribution is 0.917. The third-order valence-corrected chi connectivity index (χ3v) is 5.33. The van der Waals surface area contributed by atoms with Gasteiger partial charge in [-0.25, -0.2) is 0 Å². The van der Waals surface area contributed by atoms with E-state index in [2.05, 4.69) is 15.9 Å². The summed E-state index contributed by atoms with van der Waals surface area (Å²) in [6.07, 6.45) is 0. The van der Waals surface area contributed by atoms with Crippen molar-refractivity contribution in [2.75, 3.05) is 0 Å². The fraction of sp³-hybridized carbons (Fsp3) is 0.111. The van der Waals surface area contributed by atoms with E-state index in [1.165, 1.54) is 11.3 Å². The summed E-state index contributed by atoms with van der Waals surface area (Å²) in [7, 11) is 0. The Morgan fingerprint density at radius 2 is 2.21 bits per heavy atom. The average Bonchev–Trinajstić information content (AvgIpc) is 2.76. The molecule has 0 aliphatic heterocycles. The molecule has 2 heterocycles. The SMILES string of the molecule is NC(c1cccs1)c1cc(Br)c(Cl)s1. The Hall–Kier alpha value is 0.130. The van der Waals surface area contributed by atoms with Gasteiger partial charge in [0.2, 0.25) is 0 Å². The van der Waals surface area contributed by atoms with Crippen LogP contribution in [0.25, 0.3) is 0 Å². The van der Waals surface area contributed by atoms with Crippen molar-refractivity contribution in [3.05, 3.63) is 42.1 Å². The Kier molecular flexibility index (Phi) is 3.29. The minimum Gasteiger partial charge on any atom is -0.319 e. The molecule has 14 heavy (non-hydrogen) atoms. The quantitative estimate of drug-likeness (QED) is 0.880. The van der Waals surface area contributed by atoms with E-state index in [0.717, 1.165) is 18.6 Å². The highest BCUT2D eigenvalue weighted by atomic mass is 79.9. The summed E-state index contributed by atoms with van der Waals surface area (Å²) >= 11 is 12.5. The Balaban J connectivity index is 2.32. The monoisotopic (exact) mass is 307 g/mol. The van der Waals surface area contributed by atoms with Crippen LogP contribution in [-0.4, -0.2) is 0 Å². The standard InChI is InChI=1S/C9H7BrClNS2/c10-5-4-7(14-9(5)11)8(12)6-2-1-3-13-6/h1-4,8H,12H2. The lowest BCUT2D eigenvalue weighted by Crippen LogP contribution is -2.07. The predicted octanol–water partition coefficient (Wildman–Crippen LogP) is 4.27. The van der Waals surface area contributed by atoms with Crippen molar-refractivity contribution in [3.63, 3.8) is 0 Å². The molecule has 1 nitrogen and oxygen atoms in total. The zero-order chi connectivity index (χ0) is 10.1. The van der Waals surface area contributed by atoms with E-state index in [1.807, 2.05) is 23.6 Å². The smallest absolute Gasteiger partial charge is 0.107 e. The summed E-state index contributed by atoms with van der Waals surface area (Å²) in [4.78, 5) is 2.25. The van der Waals surface area contributed by atoms with E-state index in [1.54, 1.807) is 11.3 Å². The molecule has 2 rings (SSSR count). The Labute approximate surface area is 104 Å². The number of hydrogen-bond acceptors (Lipinski definition) is 3. The zero-order valence-corrected chi connectivity index (χ0v) is 11.0. The highest BCUT2D eigenvalue weighted by molar-refractivity contribution is 9.10. The van der Waals surface area contributed by atoms with Crippen LogP contribution in [0.1, 0.15) is 15.8 Å². The van der Waals surface area contributed by atoms with Crippen molar-refractivity contribution in [3.8, 4) is 0 Å². The van der Waals surface area contributed by atoms with Crippen molar-refractivity contribution < 1.29 is 0 Å². The zero-order valence-electron chi connectivity index (χ0n) is 7.04. The second-order valence-corrected chi connectivity index (χ2v) is 6.28. The minimum atomic E-state index is -0.0520. The molecule has 0 aliphatic rings. The fourth-order valence-electron chi connectivity index (χ4n) is 1.13. The van der Waals surface area contributed by atoms with Gasteiger partial charge in [-0.2, -0.15) is 0 Å². The molecule has 0 aliphatic carbocycles. The van der Waals surface area contributed by atoms with E-state index in [0.29, 0.717) is 0 Å². The maximum Gasteiger partial charge on any atom is 0.107 e. The molecule has 0 fully saturated rings. The third-order valence-electron chi connectivity index (χ3n) is 1.82. The van der Waals surface area contributed by atoms with Crippen LogP contribution >= 0.6 is 50.2 Å². The molecular weight excluding hydrogens is 302 g/mol. The summed E-state index contributed by atoms with van der Waals surface area (Å²) in [6, 6.07) is 5.97. The van der Waals surface area contributed by atoms with Gasteiger partial charge in [-0.3, -0.25) is 0 Å². The molecule has 0 radical (unpaired) electrons. The Morgan fingerprint density at radius 3 is 2.71 bits per heavy atom. The van der Waals surface area contributed by atoms with Crippen LogP contribution in [0.15, 0.2) is 28.1 Å². The van der Waals surface area contributed by atoms with Crippen LogP contribution < -0.4 is 5.73 Å². The summed E-state index contributed by atoms with van der Waals surface area (Å²) in [5, 5.41) is 2.03. The first-order chi connectivity index (χ1) is 6.68. The van der Waals surface area contributed by atoms with Crippen LogP contribution in [0.3, 0.4) is 0 Å². The molecule has 0 spiro atoms. The molecular formula is C9H7BrClNS2. The molecule has 0 saturated heterocycles. The summed E-state index contributed by atoms with van der Waals surface area (Å²) in [6.45, 7) is 0. The lowest BCUT2D eigenvalue weighted by Gasteiger charge is -2.05. The first-order valence-electron chi connectivity index (χ1n) is 3.92. The topological polar surface area (TPSA) is 26.0 Å². The van der Waals surface area contributed by atoms with E-state index in [-0.39, 0.29) is 6.04 Å². The maximum atomic E-state index is 6.08. The van der Waals surface area contributed by atoms with Gasteiger partial charge in [0.05, 0.1) is 6.04 Å². The highest BCUT2D eigenvalue weighted by Gasteiger charge is 2.14. The van der Waals surface area contributed by atoms with Crippen molar-refractivity contribution in [2.45, 2.75) is 6.04 Å². The van der Waals surface area contributed by atoms with Gasteiger partial charge in [-0.1, -0.05) is 17.7 Å². The molecule has 0 bridgehead atoms. The second kappa shape index (κ2) is 4.33. The Morgan fingerprint density at radius 1 is 1.43 bits per heavy atom. The van der Waals surface area contributed by atoms with Gasteiger partial charge in [-0.15, -0.1) is 22.7 Å². The van der Waals surface area contributed by atoms with Crippen LogP contribution in [0.5, 0.6) is 0 Å². The van der Waals surface area contributed by atoms with Gasteiger partial charge >= 0.3 is 0 Å². The van der Waals surface area contributed by atoms with Crippen molar-refractivity contribution in [1.82, 2.24) is 0 Å². The van der Waals surface area contributed by atoms with E-state index < -0.39 is 0 Å².